The minimum atomic E-state index is 0.292. The molecule has 0 amide bonds. The molecule has 1 heteroatoms. The molecular weight excluding hydrogens is 140 g/mol. The van der Waals surface area contributed by atoms with Crippen LogP contribution in [0.2, 0.25) is 0 Å². The molecule has 1 heterocycles. The molecule has 0 spiro atoms. The highest BCUT2D eigenvalue weighted by atomic mass is 32.1. The van der Waals surface area contributed by atoms with Crippen molar-refractivity contribution in [1.29, 1.82) is 0 Å². The first-order chi connectivity index (χ1) is 4.50. The minimum Gasteiger partial charge on any atom is -0.145 e. The van der Waals surface area contributed by atoms with Crippen LogP contribution in [0.4, 0.5) is 0 Å². The lowest BCUT2D eigenvalue weighted by Crippen LogP contribution is -2.07. The maximum atomic E-state index is 3.87. The Hall–Kier alpha value is -0.300. The van der Waals surface area contributed by atoms with Crippen LogP contribution < -0.4 is 0 Å². The maximum absolute atomic E-state index is 3.87. The number of hydrogen-bond acceptors (Lipinski definition) is 1. The Kier molecular flexibility index (Phi) is 1.86. The van der Waals surface area contributed by atoms with Gasteiger partial charge in [0, 0.05) is 9.75 Å². The van der Waals surface area contributed by atoms with Crippen molar-refractivity contribution in [3.05, 3.63) is 28.8 Å². The fourth-order valence-electron chi connectivity index (χ4n) is 0.781. The van der Waals surface area contributed by atoms with Crippen molar-refractivity contribution in [2.75, 3.05) is 0 Å². The van der Waals surface area contributed by atoms with Crippen molar-refractivity contribution in [1.82, 2.24) is 0 Å². The van der Waals surface area contributed by atoms with Crippen molar-refractivity contribution < 1.29 is 0 Å². The Morgan fingerprint density at radius 3 is 2.10 bits per heavy atom. The van der Waals surface area contributed by atoms with Gasteiger partial charge in [0.2, 0.25) is 0 Å². The van der Waals surface area contributed by atoms with E-state index in [1.54, 1.807) is 11.3 Å². The number of rotatable bonds is 0. The molecule has 1 aromatic heterocycles. The SMILES string of the molecule is [CH2]c1ccc(C(C)(C)C)s1. The Bertz CT molecular complexity index is 215. The van der Waals surface area contributed by atoms with Crippen molar-refractivity contribution in [2.45, 2.75) is 26.2 Å². The van der Waals surface area contributed by atoms with Gasteiger partial charge in [-0.05, 0) is 24.5 Å². The third-order valence-corrected chi connectivity index (χ3v) is 2.77. The van der Waals surface area contributed by atoms with Gasteiger partial charge in [0.1, 0.15) is 0 Å². The zero-order chi connectivity index (χ0) is 7.78. The van der Waals surface area contributed by atoms with Crippen molar-refractivity contribution in [2.24, 2.45) is 0 Å². The van der Waals surface area contributed by atoms with E-state index in [1.807, 2.05) is 0 Å². The molecule has 10 heavy (non-hydrogen) atoms. The van der Waals surface area contributed by atoms with Crippen LogP contribution in [0.5, 0.6) is 0 Å². The molecule has 1 radical (unpaired) electrons. The molecule has 0 bridgehead atoms. The summed E-state index contributed by atoms with van der Waals surface area (Å²) in [6, 6.07) is 4.23. The smallest absolute Gasteiger partial charge is 0.0102 e. The standard InChI is InChI=1S/C9H13S/c1-7-5-6-8(10-7)9(2,3)4/h5-6H,1H2,2-4H3. The second kappa shape index (κ2) is 2.39. The fourth-order valence-corrected chi connectivity index (χ4v) is 1.64. The zero-order valence-corrected chi connectivity index (χ0v) is 7.59. The normalized spacial score (nSPS) is 12.0. The third kappa shape index (κ3) is 1.60. The summed E-state index contributed by atoms with van der Waals surface area (Å²) in [6.45, 7) is 10.5. The highest BCUT2D eigenvalue weighted by Crippen LogP contribution is 2.28. The third-order valence-electron chi connectivity index (χ3n) is 1.40. The summed E-state index contributed by atoms with van der Waals surface area (Å²) in [5.74, 6) is 0. The van der Waals surface area contributed by atoms with Crippen molar-refractivity contribution in [3.63, 3.8) is 0 Å². The summed E-state index contributed by atoms with van der Waals surface area (Å²) in [5.41, 5.74) is 0.292. The van der Waals surface area contributed by atoms with Gasteiger partial charge in [-0.1, -0.05) is 20.8 Å². The molecule has 0 unspecified atom stereocenters. The van der Waals surface area contributed by atoms with Crippen molar-refractivity contribution >= 4 is 11.3 Å². The van der Waals surface area contributed by atoms with Crippen LogP contribution in [0.25, 0.3) is 0 Å². The Labute approximate surface area is 66.9 Å². The molecule has 0 aliphatic carbocycles. The number of hydrogen-bond donors (Lipinski definition) is 0. The molecule has 1 rings (SSSR count). The average Bonchev–Trinajstić information content (AvgIpc) is 2.11. The summed E-state index contributed by atoms with van der Waals surface area (Å²) >= 11 is 1.78. The molecule has 0 aromatic carbocycles. The lowest BCUT2D eigenvalue weighted by Gasteiger charge is -2.14. The van der Waals surface area contributed by atoms with E-state index in [1.165, 1.54) is 4.88 Å². The minimum absolute atomic E-state index is 0.292. The van der Waals surface area contributed by atoms with Crippen LogP contribution in [0.1, 0.15) is 30.5 Å². The maximum Gasteiger partial charge on any atom is 0.0102 e. The van der Waals surface area contributed by atoms with E-state index in [2.05, 4.69) is 39.8 Å². The van der Waals surface area contributed by atoms with Crippen molar-refractivity contribution in [3.8, 4) is 0 Å². The Morgan fingerprint density at radius 2 is 1.90 bits per heavy atom. The van der Waals surface area contributed by atoms with Gasteiger partial charge < -0.3 is 0 Å². The van der Waals surface area contributed by atoms with Crippen LogP contribution >= 0.6 is 11.3 Å². The highest BCUT2D eigenvalue weighted by Gasteiger charge is 2.14. The first kappa shape index (κ1) is 7.80. The van der Waals surface area contributed by atoms with Crippen LogP contribution in [-0.4, -0.2) is 0 Å². The lowest BCUT2D eigenvalue weighted by molar-refractivity contribution is 0.604. The topological polar surface area (TPSA) is 0 Å². The Balaban J connectivity index is 2.96. The summed E-state index contributed by atoms with van der Waals surface area (Å²) in [5, 5.41) is 0. The largest absolute Gasteiger partial charge is 0.145 e. The summed E-state index contributed by atoms with van der Waals surface area (Å²) in [6.07, 6.45) is 0. The van der Waals surface area contributed by atoms with E-state index in [9.17, 15) is 0 Å². The van der Waals surface area contributed by atoms with E-state index in [-0.39, 0.29) is 0 Å². The fraction of sp³-hybridized carbons (Fsp3) is 0.444. The number of thiophene rings is 1. The molecule has 0 aliphatic rings. The molecule has 0 N–H and O–H groups in total. The van der Waals surface area contributed by atoms with E-state index < -0.39 is 0 Å². The lowest BCUT2D eigenvalue weighted by atomic mass is 9.95. The molecule has 0 atom stereocenters. The predicted octanol–water partition coefficient (Wildman–Crippen LogP) is 3.23. The molecule has 0 saturated heterocycles. The van der Waals surface area contributed by atoms with Gasteiger partial charge in [0.25, 0.3) is 0 Å². The molecule has 0 saturated carbocycles. The second-order valence-corrected chi connectivity index (χ2v) is 4.68. The van der Waals surface area contributed by atoms with Gasteiger partial charge in [0.15, 0.2) is 0 Å². The van der Waals surface area contributed by atoms with E-state index in [0.29, 0.717) is 5.41 Å². The first-order valence-electron chi connectivity index (χ1n) is 3.42. The van der Waals surface area contributed by atoms with Gasteiger partial charge in [0.05, 0.1) is 0 Å². The molecule has 0 fully saturated rings. The first-order valence-corrected chi connectivity index (χ1v) is 4.24. The molecule has 55 valence electrons. The summed E-state index contributed by atoms with van der Waals surface area (Å²) in [7, 11) is 0. The van der Waals surface area contributed by atoms with Gasteiger partial charge in [-0.3, -0.25) is 0 Å². The predicted molar refractivity (Wildman–Crippen MR) is 47.5 cm³/mol. The monoisotopic (exact) mass is 153 g/mol. The van der Waals surface area contributed by atoms with E-state index in [4.69, 9.17) is 0 Å². The zero-order valence-electron chi connectivity index (χ0n) is 6.77. The summed E-state index contributed by atoms with van der Waals surface area (Å²) in [4.78, 5) is 2.57. The average molecular weight is 153 g/mol. The van der Waals surface area contributed by atoms with E-state index in [0.717, 1.165) is 4.88 Å². The Morgan fingerprint density at radius 1 is 1.30 bits per heavy atom. The van der Waals surface area contributed by atoms with Gasteiger partial charge >= 0.3 is 0 Å². The molecular formula is C9H13S. The van der Waals surface area contributed by atoms with E-state index >= 15 is 0 Å². The van der Waals surface area contributed by atoms with Gasteiger partial charge in [-0.25, -0.2) is 0 Å². The van der Waals surface area contributed by atoms with Gasteiger partial charge in [-0.2, -0.15) is 0 Å². The molecule has 0 nitrogen and oxygen atoms in total. The van der Waals surface area contributed by atoms with Gasteiger partial charge in [-0.15, -0.1) is 11.3 Å². The van der Waals surface area contributed by atoms with Crippen LogP contribution in [-0.2, 0) is 5.41 Å². The van der Waals surface area contributed by atoms with Crippen LogP contribution in [0, 0.1) is 6.92 Å². The second-order valence-electron chi connectivity index (χ2n) is 3.52. The van der Waals surface area contributed by atoms with Crippen LogP contribution in [0.15, 0.2) is 12.1 Å². The quantitative estimate of drug-likeness (QED) is 0.537. The van der Waals surface area contributed by atoms with Crippen LogP contribution in [0.3, 0.4) is 0 Å². The molecule has 0 aliphatic heterocycles. The highest BCUT2D eigenvalue weighted by molar-refractivity contribution is 7.12. The molecule has 1 aromatic rings. The summed E-state index contributed by atoms with van der Waals surface area (Å²) < 4.78 is 0.